The molecule has 2 aromatic carbocycles. The van der Waals surface area contributed by atoms with Gasteiger partial charge in [0.25, 0.3) is 0 Å². The van der Waals surface area contributed by atoms with Crippen LogP contribution in [0.1, 0.15) is 18.1 Å². The van der Waals surface area contributed by atoms with Gasteiger partial charge in [0.15, 0.2) is 0 Å². The average molecular weight is 287 g/mol. The first-order valence-corrected chi connectivity index (χ1v) is 7.31. The Hall–Kier alpha value is -1.87. The van der Waals surface area contributed by atoms with Crippen molar-refractivity contribution in [3.63, 3.8) is 0 Å². The lowest BCUT2D eigenvalue weighted by molar-refractivity contribution is 0.306. The number of aryl methyl sites for hydroxylation is 1. The summed E-state index contributed by atoms with van der Waals surface area (Å²) in [4.78, 5) is 0. The highest BCUT2D eigenvalue weighted by molar-refractivity contribution is 5.27. The van der Waals surface area contributed by atoms with Crippen LogP contribution in [-0.2, 0) is 6.42 Å². The third kappa shape index (κ3) is 5.56. The lowest BCUT2D eigenvalue weighted by Crippen LogP contribution is -2.31. The molecule has 2 nitrogen and oxygen atoms in total. The van der Waals surface area contributed by atoms with Crippen molar-refractivity contribution in [1.82, 2.24) is 5.32 Å². The van der Waals surface area contributed by atoms with E-state index in [2.05, 4.69) is 25.2 Å². The number of ether oxygens (including phenoxy) is 1. The predicted molar refractivity (Wildman–Crippen MR) is 84.2 cm³/mol. The van der Waals surface area contributed by atoms with E-state index in [1.807, 2.05) is 30.3 Å². The number of hydrogen-bond donors (Lipinski definition) is 1. The zero-order valence-electron chi connectivity index (χ0n) is 12.6. The minimum Gasteiger partial charge on any atom is -0.492 e. The van der Waals surface area contributed by atoms with E-state index in [0.717, 1.165) is 24.3 Å². The van der Waals surface area contributed by atoms with Gasteiger partial charge in [0.05, 0.1) is 0 Å². The number of nitrogens with one attached hydrogen (secondary N) is 1. The van der Waals surface area contributed by atoms with Crippen molar-refractivity contribution in [2.45, 2.75) is 26.3 Å². The molecule has 3 heteroatoms. The van der Waals surface area contributed by atoms with Crippen LogP contribution in [-0.4, -0.2) is 19.2 Å². The Morgan fingerprint density at radius 2 is 1.90 bits per heavy atom. The highest BCUT2D eigenvalue weighted by atomic mass is 19.1. The molecule has 0 aromatic heterocycles. The van der Waals surface area contributed by atoms with E-state index in [4.69, 9.17) is 4.74 Å². The molecule has 2 rings (SSSR count). The van der Waals surface area contributed by atoms with Crippen molar-refractivity contribution in [1.29, 1.82) is 0 Å². The molecule has 2 aromatic rings. The van der Waals surface area contributed by atoms with Gasteiger partial charge < -0.3 is 10.1 Å². The maximum atomic E-state index is 12.8. The van der Waals surface area contributed by atoms with Crippen LogP contribution in [0, 0.1) is 12.7 Å². The highest BCUT2D eigenvalue weighted by Crippen LogP contribution is 2.11. The Bertz CT molecular complexity index is 553. The van der Waals surface area contributed by atoms with Crippen LogP contribution in [0.3, 0.4) is 0 Å². The molecule has 1 atom stereocenters. The molecule has 0 saturated heterocycles. The Kier molecular flexibility index (Phi) is 5.76. The lowest BCUT2D eigenvalue weighted by atomic mass is 10.1. The van der Waals surface area contributed by atoms with Gasteiger partial charge in [-0.05, 0) is 55.7 Å². The van der Waals surface area contributed by atoms with Crippen LogP contribution in [0.25, 0.3) is 0 Å². The summed E-state index contributed by atoms with van der Waals surface area (Å²) in [6.07, 6.45) is 0.880. The summed E-state index contributed by atoms with van der Waals surface area (Å²) in [6, 6.07) is 15.0. The number of benzene rings is 2. The van der Waals surface area contributed by atoms with Gasteiger partial charge in [-0.25, -0.2) is 4.39 Å². The van der Waals surface area contributed by atoms with Crippen molar-refractivity contribution in [2.75, 3.05) is 13.2 Å². The summed E-state index contributed by atoms with van der Waals surface area (Å²) < 4.78 is 18.5. The minimum absolute atomic E-state index is 0.189. The summed E-state index contributed by atoms with van der Waals surface area (Å²) in [7, 11) is 0. The molecule has 112 valence electrons. The van der Waals surface area contributed by atoms with E-state index in [1.54, 1.807) is 0 Å². The van der Waals surface area contributed by atoms with E-state index in [1.165, 1.54) is 17.7 Å². The summed E-state index contributed by atoms with van der Waals surface area (Å²) >= 11 is 0. The van der Waals surface area contributed by atoms with Gasteiger partial charge in [-0.1, -0.05) is 24.3 Å². The first-order valence-electron chi connectivity index (χ1n) is 7.31. The standard InChI is InChI=1S/C18H22FNO/c1-14-4-3-5-18(12-14)21-11-10-20-15(2)13-16-6-8-17(19)9-7-16/h3-9,12,15,20H,10-11,13H2,1-2H3. The first-order chi connectivity index (χ1) is 10.1. The van der Waals surface area contributed by atoms with Crippen molar-refractivity contribution >= 4 is 0 Å². The van der Waals surface area contributed by atoms with Crippen LogP contribution in [0.4, 0.5) is 4.39 Å². The fraction of sp³-hybridized carbons (Fsp3) is 0.333. The monoisotopic (exact) mass is 287 g/mol. The third-order valence-corrected chi connectivity index (χ3v) is 3.31. The van der Waals surface area contributed by atoms with Crippen LogP contribution < -0.4 is 10.1 Å². The van der Waals surface area contributed by atoms with Gasteiger partial charge in [-0.2, -0.15) is 0 Å². The summed E-state index contributed by atoms with van der Waals surface area (Å²) in [5.74, 6) is 0.717. The van der Waals surface area contributed by atoms with E-state index >= 15 is 0 Å². The normalized spacial score (nSPS) is 12.1. The van der Waals surface area contributed by atoms with Crippen LogP contribution in [0.5, 0.6) is 5.75 Å². The van der Waals surface area contributed by atoms with E-state index in [0.29, 0.717) is 12.6 Å². The molecule has 0 radical (unpaired) electrons. The Balaban J connectivity index is 1.67. The zero-order valence-corrected chi connectivity index (χ0v) is 12.6. The van der Waals surface area contributed by atoms with Crippen molar-refractivity contribution in [3.05, 3.63) is 65.5 Å². The molecule has 1 N–H and O–H groups in total. The smallest absolute Gasteiger partial charge is 0.123 e. The SMILES string of the molecule is Cc1cccc(OCCNC(C)Cc2ccc(F)cc2)c1. The highest BCUT2D eigenvalue weighted by Gasteiger charge is 2.03. The summed E-state index contributed by atoms with van der Waals surface area (Å²) in [5, 5.41) is 3.41. The quantitative estimate of drug-likeness (QED) is 0.783. The van der Waals surface area contributed by atoms with Gasteiger partial charge in [-0.3, -0.25) is 0 Å². The topological polar surface area (TPSA) is 21.3 Å². The molecular formula is C18H22FNO. The number of hydrogen-bond acceptors (Lipinski definition) is 2. The second-order valence-corrected chi connectivity index (χ2v) is 5.35. The fourth-order valence-corrected chi connectivity index (χ4v) is 2.23. The van der Waals surface area contributed by atoms with Crippen molar-refractivity contribution in [3.8, 4) is 5.75 Å². The average Bonchev–Trinajstić information content (AvgIpc) is 2.46. The molecule has 0 fully saturated rings. The second kappa shape index (κ2) is 7.79. The van der Waals surface area contributed by atoms with E-state index in [-0.39, 0.29) is 5.82 Å². The van der Waals surface area contributed by atoms with Crippen LogP contribution in [0.2, 0.25) is 0 Å². The minimum atomic E-state index is -0.189. The third-order valence-electron chi connectivity index (χ3n) is 3.31. The molecule has 0 amide bonds. The molecule has 0 spiro atoms. The zero-order chi connectivity index (χ0) is 15.1. The van der Waals surface area contributed by atoms with E-state index in [9.17, 15) is 4.39 Å². The molecule has 0 saturated carbocycles. The molecule has 0 bridgehead atoms. The maximum Gasteiger partial charge on any atom is 0.123 e. The Morgan fingerprint density at radius 1 is 1.14 bits per heavy atom. The van der Waals surface area contributed by atoms with E-state index < -0.39 is 0 Å². The summed E-state index contributed by atoms with van der Waals surface area (Å²) in [6.45, 7) is 5.60. The molecule has 1 unspecified atom stereocenters. The van der Waals surface area contributed by atoms with Crippen LogP contribution in [0.15, 0.2) is 48.5 Å². The number of rotatable bonds is 7. The lowest BCUT2D eigenvalue weighted by Gasteiger charge is -2.14. The van der Waals surface area contributed by atoms with Gasteiger partial charge >= 0.3 is 0 Å². The molecule has 21 heavy (non-hydrogen) atoms. The Labute approximate surface area is 126 Å². The summed E-state index contributed by atoms with van der Waals surface area (Å²) in [5.41, 5.74) is 2.33. The fourth-order valence-electron chi connectivity index (χ4n) is 2.23. The van der Waals surface area contributed by atoms with Crippen LogP contribution >= 0.6 is 0 Å². The van der Waals surface area contributed by atoms with Crippen molar-refractivity contribution in [2.24, 2.45) is 0 Å². The Morgan fingerprint density at radius 3 is 2.62 bits per heavy atom. The second-order valence-electron chi connectivity index (χ2n) is 5.35. The first kappa shape index (κ1) is 15.5. The van der Waals surface area contributed by atoms with Gasteiger partial charge in [0, 0.05) is 12.6 Å². The van der Waals surface area contributed by atoms with Gasteiger partial charge in [0.2, 0.25) is 0 Å². The molecule has 0 heterocycles. The maximum absolute atomic E-state index is 12.8. The van der Waals surface area contributed by atoms with Gasteiger partial charge in [-0.15, -0.1) is 0 Å². The van der Waals surface area contributed by atoms with Crippen molar-refractivity contribution < 1.29 is 9.13 Å². The largest absolute Gasteiger partial charge is 0.492 e. The molecular weight excluding hydrogens is 265 g/mol. The predicted octanol–water partition coefficient (Wildman–Crippen LogP) is 3.73. The molecule has 0 aliphatic carbocycles. The molecule has 0 aliphatic heterocycles. The number of halogens is 1. The molecule has 0 aliphatic rings. The van der Waals surface area contributed by atoms with Gasteiger partial charge in [0.1, 0.15) is 18.2 Å².